The highest BCUT2D eigenvalue weighted by molar-refractivity contribution is 5.79. The fraction of sp³-hybridized carbons (Fsp3) is 0.875. The summed E-state index contributed by atoms with van der Waals surface area (Å²) in [5.41, 5.74) is 8.04. The first-order chi connectivity index (χ1) is 7.50. The molecular weight excluding hydrogens is 222 g/mol. The fourth-order valence-electron chi connectivity index (χ4n) is 1.71. The molecule has 1 aliphatic rings. The topological polar surface area (TPSA) is 78.3 Å². The fourth-order valence-corrected chi connectivity index (χ4v) is 1.71. The zero-order chi connectivity index (χ0) is 12.2. The third-order valence-corrected chi connectivity index (χ3v) is 2.33. The van der Waals surface area contributed by atoms with Gasteiger partial charge >= 0.3 is 0 Å². The largest absolute Gasteiger partial charge is 0.383 e. The van der Waals surface area contributed by atoms with Crippen LogP contribution in [0.1, 0.15) is 6.42 Å². The van der Waals surface area contributed by atoms with E-state index >= 15 is 0 Å². The minimum absolute atomic E-state index is 0.0532. The molecule has 16 heavy (non-hydrogen) atoms. The van der Waals surface area contributed by atoms with Crippen molar-refractivity contribution >= 4 is 5.91 Å². The molecule has 1 heterocycles. The number of nitrogens with zero attached hydrogens (tertiary/aromatic N) is 4. The Labute approximate surface area is 90.8 Å². The number of carbonyl (C=O) groups excluding carboxylic acids is 1. The van der Waals surface area contributed by atoms with Crippen LogP contribution in [0, 0.1) is 0 Å². The number of rotatable bonds is 4. The van der Waals surface area contributed by atoms with Crippen LogP contribution in [0.4, 0.5) is 8.78 Å². The number of hydrogen-bond donors (Lipinski definition) is 0. The molecule has 1 amide bonds. The number of likely N-dealkylation sites (tertiary alicyclic amines) is 1. The van der Waals surface area contributed by atoms with E-state index in [2.05, 4.69) is 10.0 Å². The van der Waals surface area contributed by atoms with Crippen molar-refractivity contribution < 1.29 is 18.3 Å². The van der Waals surface area contributed by atoms with Gasteiger partial charge in [-0.1, -0.05) is 5.11 Å². The third-order valence-electron chi connectivity index (χ3n) is 2.33. The van der Waals surface area contributed by atoms with E-state index < -0.39 is 37.4 Å². The lowest BCUT2D eigenvalue weighted by molar-refractivity contribution is -0.132. The molecule has 0 aromatic carbocycles. The summed E-state index contributed by atoms with van der Waals surface area (Å²) in [4.78, 5) is 14.9. The number of ether oxygens (including phenoxy) is 1. The van der Waals surface area contributed by atoms with Crippen LogP contribution >= 0.6 is 0 Å². The molecule has 1 rings (SSSR count). The molecule has 0 aromatic heterocycles. The SMILES string of the molecule is COCC1CC(F)(F)CN1C(=O)CN=[N+]=[N-]. The van der Waals surface area contributed by atoms with Gasteiger partial charge in [0, 0.05) is 18.4 Å². The van der Waals surface area contributed by atoms with Gasteiger partial charge in [0.15, 0.2) is 0 Å². The van der Waals surface area contributed by atoms with Crippen molar-refractivity contribution in [3.63, 3.8) is 0 Å². The van der Waals surface area contributed by atoms with Gasteiger partial charge in [0.25, 0.3) is 5.92 Å². The molecule has 0 aliphatic carbocycles. The minimum Gasteiger partial charge on any atom is -0.383 e. The predicted octanol–water partition coefficient (Wildman–Crippen LogP) is 1.18. The summed E-state index contributed by atoms with van der Waals surface area (Å²) in [6.45, 7) is -1.02. The molecule has 1 saturated heterocycles. The van der Waals surface area contributed by atoms with Gasteiger partial charge in [-0.3, -0.25) is 4.79 Å². The van der Waals surface area contributed by atoms with Crippen molar-refractivity contribution in [2.24, 2.45) is 5.11 Å². The Morgan fingerprint density at radius 3 is 3.00 bits per heavy atom. The molecule has 0 bridgehead atoms. The van der Waals surface area contributed by atoms with E-state index in [-0.39, 0.29) is 6.61 Å². The monoisotopic (exact) mass is 234 g/mol. The smallest absolute Gasteiger partial charge is 0.267 e. The summed E-state index contributed by atoms with van der Waals surface area (Å²) in [7, 11) is 1.38. The van der Waals surface area contributed by atoms with Gasteiger partial charge in [-0.2, -0.15) is 0 Å². The summed E-state index contributed by atoms with van der Waals surface area (Å²) in [6, 6.07) is -0.651. The predicted molar refractivity (Wildman–Crippen MR) is 51.0 cm³/mol. The van der Waals surface area contributed by atoms with Crippen LogP contribution in [0.15, 0.2) is 5.11 Å². The van der Waals surface area contributed by atoms with E-state index in [1.54, 1.807) is 0 Å². The van der Waals surface area contributed by atoms with Crippen LogP contribution in [0.3, 0.4) is 0 Å². The Bertz CT molecular complexity index is 317. The third kappa shape index (κ3) is 3.04. The molecule has 1 unspecified atom stereocenters. The summed E-state index contributed by atoms with van der Waals surface area (Å²) >= 11 is 0. The van der Waals surface area contributed by atoms with Crippen LogP contribution < -0.4 is 0 Å². The van der Waals surface area contributed by atoms with E-state index in [4.69, 9.17) is 10.3 Å². The number of hydrogen-bond acceptors (Lipinski definition) is 3. The highest BCUT2D eigenvalue weighted by Crippen LogP contribution is 2.32. The lowest BCUT2D eigenvalue weighted by Crippen LogP contribution is -2.39. The van der Waals surface area contributed by atoms with Crippen LogP contribution in [0.2, 0.25) is 0 Å². The van der Waals surface area contributed by atoms with Crippen molar-refractivity contribution in [1.82, 2.24) is 4.90 Å². The molecule has 1 aliphatic heterocycles. The van der Waals surface area contributed by atoms with Gasteiger partial charge in [-0.25, -0.2) is 8.78 Å². The molecule has 1 atom stereocenters. The average Bonchev–Trinajstić information content (AvgIpc) is 2.51. The zero-order valence-corrected chi connectivity index (χ0v) is 8.77. The second-order valence-electron chi connectivity index (χ2n) is 3.58. The van der Waals surface area contributed by atoms with Crippen molar-refractivity contribution in [1.29, 1.82) is 0 Å². The molecular formula is C8H12F2N4O2. The summed E-state index contributed by atoms with van der Waals surface area (Å²) in [5, 5.41) is 3.06. The zero-order valence-electron chi connectivity index (χ0n) is 8.77. The second kappa shape index (κ2) is 5.09. The number of methoxy groups -OCH3 is 1. The van der Waals surface area contributed by atoms with Crippen LogP contribution in [-0.2, 0) is 9.53 Å². The molecule has 0 spiro atoms. The van der Waals surface area contributed by atoms with Crippen LogP contribution in [0.5, 0.6) is 0 Å². The molecule has 6 nitrogen and oxygen atoms in total. The maximum absolute atomic E-state index is 13.1. The first-order valence-electron chi connectivity index (χ1n) is 4.67. The van der Waals surface area contributed by atoms with Gasteiger partial charge in [-0.15, -0.1) is 0 Å². The molecule has 8 heteroatoms. The van der Waals surface area contributed by atoms with Crippen molar-refractivity contribution in [2.75, 3.05) is 26.8 Å². The van der Waals surface area contributed by atoms with Crippen molar-refractivity contribution in [3.8, 4) is 0 Å². The number of alkyl halides is 2. The van der Waals surface area contributed by atoms with Gasteiger partial charge in [0.1, 0.15) is 6.54 Å². The van der Waals surface area contributed by atoms with E-state index in [0.29, 0.717) is 0 Å². The number of amides is 1. The normalized spacial score (nSPS) is 22.9. The first kappa shape index (κ1) is 12.7. The highest BCUT2D eigenvalue weighted by Gasteiger charge is 2.46. The van der Waals surface area contributed by atoms with Crippen LogP contribution in [0.25, 0.3) is 10.4 Å². The van der Waals surface area contributed by atoms with E-state index in [0.717, 1.165) is 4.90 Å². The standard InChI is InChI=1S/C8H12F2N4O2/c1-16-4-6-2-8(9,10)5-14(6)7(15)3-12-13-11/h6H,2-5H2,1H3. The Hall–Kier alpha value is -1.40. The van der Waals surface area contributed by atoms with Crippen molar-refractivity contribution in [3.05, 3.63) is 10.4 Å². The van der Waals surface area contributed by atoms with Crippen molar-refractivity contribution in [2.45, 2.75) is 18.4 Å². The molecule has 90 valence electrons. The molecule has 0 saturated carbocycles. The molecule has 1 fully saturated rings. The number of azide groups is 1. The quantitative estimate of drug-likeness (QED) is 0.416. The Morgan fingerprint density at radius 2 is 2.44 bits per heavy atom. The Balaban J connectivity index is 2.68. The van der Waals surface area contributed by atoms with Gasteiger partial charge in [-0.05, 0) is 5.53 Å². The summed E-state index contributed by atoms with van der Waals surface area (Å²) in [6.07, 6.45) is -0.414. The number of halogens is 2. The maximum atomic E-state index is 13.1. The Kier molecular flexibility index (Phi) is 4.03. The van der Waals surface area contributed by atoms with E-state index in [1.165, 1.54) is 7.11 Å². The van der Waals surface area contributed by atoms with Gasteiger partial charge in [0.05, 0.1) is 19.2 Å². The molecule has 0 N–H and O–H groups in total. The highest BCUT2D eigenvalue weighted by atomic mass is 19.3. The van der Waals surface area contributed by atoms with E-state index in [1.807, 2.05) is 0 Å². The first-order valence-corrected chi connectivity index (χ1v) is 4.67. The lowest BCUT2D eigenvalue weighted by atomic mass is 10.2. The second-order valence-corrected chi connectivity index (χ2v) is 3.58. The van der Waals surface area contributed by atoms with Gasteiger partial charge < -0.3 is 9.64 Å². The maximum Gasteiger partial charge on any atom is 0.267 e. The van der Waals surface area contributed by atoms with E-state index in [9.17, 15) is 13.6 Å². The molecule has 0 aromatic rings. The lowest BCUT2D eigenvalue weighted by Gasteiger charge is -2.22. The minimum atomic E-state index is -2.89. The summed E-state index contributed by atoms with van der Waals surface area (Å²) in [5.74, 6) is -3.49. The van der Waals surface area contributed by atoms with Gasteiger partial charge in [0.2, 0.25) is 5.91 Å². The summed E-state index contributed by atoms with van der Waals surface area (Å²) < 4.78 is 31.0. The average molecular weight is 234 g/mol. The Morgan fingerprint density at radius 1 is 1.75 bits per heavy atom. The molecule has 0 radical (unpaired) electrons. The number of carbonyl (C=O) groups is 1. The van der Waals surface area contributed by atoms with Crippen LogP contribution in [-0.4, -0.2) is 49.6 Å².